The molecule has 0 aliphatic carbocycles. The third kappa shape index (κ3) is 7.61. The van der Waals surface area contributed by atoms with Gasteiger partial charge < -0.3 is 14.5 Å². The summed E-state index contributed by atoms with van der Waals surface area (Å²) >= 11 is 5.38. The van der Waals surface area contributed by atoms with E-state index in [-0.39, 0.29) is 22.6 Å². The van der Waals surface area contributed by atoms with Gasteiger partial charge in [0, 0.05) is 38.3 Å². The Morgan fingerprint density at radius 3 is 1.91 bits per heavy atom. The van der Waals surface area contributed by atoms with Gasteiger partial charge in [0.15, 0.2) is 0 Å². The largest absolute Gasteiger partial charge is 0.444 e. The number of nitro groups is 2. The number of hydrogen-bond acceptors (Lipinski definition) is 9. The van der Waals surface area contributed by atoms with Crippen molar-refractivity contribution >= 4 is 34.9 Å². The van der Waals surface area contributed by atoms with E-state index in [1.807, 2.05) is 25.7 Å². The van der Waals surface area contributed by atoms with Gasteiger partial charge >= 0.3 is 6.09 Å². The van der Waals surface area contributed by atoms with Gasteiger partial charge in [-0.25, -0.2) is 14.8 Å². The Bertz CT molecular complexity index is 940. The first-order valence-corrected chi connectivity index (χ1v) is 9.93. The zero-order valence-corrected chi connectivity index (χ0v) is 18.6. The van der Waals surface area contributed by atoms with Crippen LogP contribution in [-0.4, -0.2) is 62.6 Å². The fourth-order valence-electron chi connectivity index (χ4n) is 2.59. The van der Waals surface area contributed by atoms with E-state index < -0.39 is 15.4 Å². The minimum Gasteiger partial charge on any atom is -0.444 e. The standard InChI is InChI=1S/C14H20N4O4.C5H3ClN2O2/c1-14(2,3)22-13(19)17-8-6-16(7-9-17)12-5-4-11(10-15-12)18(20)21;6-5-2-1-4(3-7-5)8(9)10/h4-5,10H,6-9H2,1-3H3;1-3H. The van der Waals surface area contributed by atoms with Crippen LogP contribution in [-0.2, 0) is 4.74 Å². The number of pyridine rings is 2. The summed E-state index contributed by atoms with van der Waals surface area (Å²) in [6.45, 7) is 7.81. The van der Waals surface area contributed by atoms with E-state index in [0.717, 1.165) is 6.20 Å². The summed E-state index contributed by atoms with van der Waals surface area (Å²) in [5.74, 6) is 0.675. The van der Waals surface area contributed by atoms with Gasteiger partial charge in [0.05, 0.1) is 9.85 Å². The molecule has 3 heterocycles. The summed E-state index contributed by atoms with van der Waals surface area (Å²) in [6, 6.07) is 5.73. The Balaban J connectivity index is 0.000000303. The zero-order valence-electron chi connectivity index (χ0n) is 17.8. The molecule has 2 aromatic heterocycles. The Hall–Kier alpha value is -3.54. The molecule has 0 unspecified atom stereocenters. The van der Waals surface area contributed by atoms with E-state index in [9.17, 15) is 25.0 Å². The second-order valence-electron chi connectivity index (χ2n) is 7.68. The number of aromatic nitrogens is 2. The van der Waals surface area contributed by atoms with Gasteiger partial charge in [-0.3, -0.25) is 20.2 Å². The van der Waals surface area contributed by atoms with E-state index in [1.165, 1.54) is 24.4 Å². The number of nitrogens with zero attached hydrogens (tertiary/aromatic N) is 6. The van der Waals surface area contributed by atoms with Crippen molar-refractivity contribution in [3.05, 3.63) is 62.0 Å². The molecule has 0 aromatic carbocycles. The fourth-order valence-corrected chi connectivity index (χ4v) is 2.71. The van der Waals surface area contributed by atoms with Crippen LogP contribution in [0, 0.1) is 20.2 Å². The summed E-state index contributed by atoms with van der Waals surface area (Å²) in [7, 11) is 0. The van der Waals surface area contributed by atoms with Crippen LogP contribution in [0.1, 0.15) is 20.8 Å². The first-order chi connectivity index (χ1) is 15.0. The molecule has 0 atom stereocenters. The van der Waals surface area contributed by atoms with Crippen molar-refractivity contribution in [3.63, 3.8) is 0 Å². The number of hydrogen-bond donors (Lipinski definition) is 0. The molecule has 1 amide bonds. The number of halogens is 1. The van der Waals surface area contributed by atoms with Gasteiger partial charge in [-0.15, -0.1) is 0 Å². The average Bonchev–Trinajstić information content (AvgIpc) is 2.73. The maximum absolute atomic E-state index is 12.0. The molecule has 1 aliphatic rings. The van der Waals surface area contributed by atoms with Crippen molar-refractivity contribution < 1.29 is 19.4 Å². The lowest BCUT2D eigenvalue weighted by atomic mass is 10.2. The summed E-state index contributed by atoms with van der Waals surface area (Å²) in [5.41, 5.74) is -0.589. The lowest BCUT2D eigenvalue weighted by Crippen LogP contribution is -2.50. The van der Waals surface area contributed by atoms with Crippen LogP contribution in [0.25, 0.3) is 0 Å². The van der Waals surface area contributed by atoms with Crippen molar-refractivity contribution in [2.45, 2.75) is 26.4 Å². The number of carbonyl (C=O) groups is 1. The molecule has 172 valence electrons. The van der Waals surface area contributed by atoms with Crippen LogP contribution in [0.15, 0.2) is 36.7 Å². The highest BCUT2D eigenvalue weighted by molar-refractivity contribution is 6.29. The van der Waals surface area contributed by atoms with Gasteiger partial charge in [-0.05, 0) is 32.9 Å². The number of ether oxygens (including phenoxy) is 1. The van der Waals surface area contributed by atoms with Gasteiger partial charge in [0.1, 0.15) is 29.0 Å². The first kappa shape index (κ1) is 24.7. The fraction of sp³-hybridized carbons (Fsp3) is 0.421. The second-order valence-corrected chi connectivity index (χ2v) is 8.07. The highest BCUT2D eigenvalue weighted by Gasteiger charge is 2.26. The van der Waals surface area contributed by atoms with E-state index in [2.05, 4.69) is 9.97 Å². The molecule has 0 N–H and O–H groups in total. The van der Waals surface area contributed by atoms with Crippen molar-refractivity contribution in [2.75, 3.05) is 31.1 Å². The number of anilines is 1. The first-order valence-electron chi connectivity index (χ1n) is 9.55. The Labute approximate surface area is 189 Å². The average molecular weight is 467 g/mol. The van der Waals surface area contributed by atoms with Crippen molar-refractivity contribution in [1.29, 1.82) is 0 Å². The van der Waals surface area contributed by atoms with Crippen LogP contribution in [0.5, 0.6) is 0 Å². The normalized spacial score (nSPS) is 13.6. The molecule has 0 spiro atoms. The van der Waals surface area contributed by atoms with Crippen molar-refractivity contribution in [1.82, 2.24) is 14.9 Å². The molecule has 0 radical (unpaired) electrons. The zero-order chi connectivity index (χ0) is 23.9. The van der Waals surface area contributed by atoms with Gasteiger partial charge in [0.2, 0.25) is 0 Å². The summed E-state index contributed by atoms with van der Waals surface area (Å²) < 4.78 is 5.34. The van der Waals surface area contributed by atoms with E-state index in [1.54, 1.807) is 11.0 Å². The maximum atomic E-state index is 12.0. The Morgan fingerprint density at radius 2 is 1.50 bits per heavy atom. The summed E-state index contributed by atoms with van der Waals surface area (Å²) in [5, 5.41) is 20.9. The molecule has 3 rings (SSSR count). The van der Waals surface area contributed by atoms with E-state index in [4.69, 9.17) is 16.3 Å². The van der Waals surface area contributed by atoms with Crippen LogP contribution >= 0.6 is 11.6 Å². The molecule has 1 saturated heterocycles. The molecule has 32 heavy (non-hydrogen) atoms. The molecular formula is C19H23ClN6O6. The minimum atomic E-state index is -0.524. The van der Waals surface area contributed by atoms with Crippen LogP contribution in [0.3, 0.4) is 0 Å². The van der Waals surface area contributed by atoms with Gasteiger partial charge in [-0.1, -0.05) is 11.6 Å². The topological polar surface area (TPSA) is 145 Å². The molecule has 12 nitrogen and oxygen atoms in total. The predicted molar refractivity (Wildman–Crippen MR) is 117 cm³/mol. The lowest BCUT2D eigenvalue weighted by molar-refractivity contribution is -0.385. The molecule has 13 heteroatoms. The van der Waals surface area contributed by atoms with E-state index >= 15 is 0 Å². The third-order valence-electron chi connectivity index (χ3n) is 4.12. The molecule has 2 aromatic rings. The molecule has 0 saturated carbocycles. The molecular weight excluding hydrogens is 444 g/mol. The summed E-state index contributed by atoms with van der Waals surface area (Å²) in [6.07, 6.45) is 2.04. The highest BCUT2D eigenvalue weighted by Crippen LogP contribution is 2.18. The lowest BCUT2D eigenvalue weighted by Gasteiger charge is -2.36. The second kappa shape index (κ2) is 10.7. The smallest absolute Gasteiger partial charge is 0.410 e. The highest BCUT2D eigenvalue weighted by atomic mass is 35.5. The van der Waals surface area contributed by atoms with Gasteiger partial charge in [0.25, 0.3) is 11.4 Å². The quantitative estimate of drug-likeness (QED) is 0.375. The number of carbonyl (C=O) groups excluding carboxylic acids is 1. The SMILES string of the molecule is CC(C)(C)OC(=O)N1CCN(c2ccc([N+](=O)[O-])cn2)CC1.O=[N+]([O-])c1ccc(Cl)nc1. The van der Waals surface area contributed by atoms with Gasteiger partial charge in [-0.2, -0.15) is 0 Å². The third-order valence-corrected chi connectivity index (χ3v) is 4.34. The Morgan fingerprint density at radius 1 is 0.969 bits per heavy atom. The minimum absolute atomic E-state index is 0.0314. The van der Waals surface area contributed by atoms with Crippen molar-refractivity contribution in [3.8, 4) is 0 Å². The molecule has 1 fully saturated rings. The monoisotopic (exact) mass is 466 g/mol. The van der Waals surface area contributed by atoms with Crippen LogP contribution in [0.2, 0.25) is 5.15 Å². The van der Waals surface area contributed by atoms with Crippen molar-refractivity contribution in [2.24, 2.45) is 0 Å². The number of rotatable bonds is 3. The molecule has 1 aliphatic heterocycles. The Kier molecular flexibility index (Phi) is 8.24. The van der Waals surface area contributed by atoms with E-state index in [0.29, 0.717) is 32.0 Å². The van der Waals surface area contributed by atoms with Crippen LogP contribution in [0.4, 0.5) is 22.0 Å². The molecule has 0 bridgehead atoms. The number of piperazine rings is 1. The van der Waals surface area contributed by atoms with Crippen LogP contribution < -0.4 is 4.90 Å². The maximum Gasteiger partial charge on any atom is 0.410 e. The predicted octanol–water partition coefficient (Wildman–Crippen LogP) is 3.69. The summed E-state index contributed by atoms with van der Waals surface area (Å²) in [4.78, 5) is 42.9. The number of amides is 1.